The Morgan fingerprint density at radius 2 is 2.29 bits per heavy atom. The summed E-state index contributed by atoms with van der Waals surface area (Å²) in [5.41, 5.74) is 6.54. The minimum absolute atomic E-state index is 0.0351. The molecule has 0 aliphatic rings. The van der Waals surface area contributed by atoms with Gasteiger partial charge in [-0.25, -0.2) is 0 Å². The van der Waals surface area contributed by atoms with Gasteiger partial charge in [-0.2, -0.15) is 0 Å². The Balaban J connectivity index is 2.74. The molecule has 0 saturated carbocycles. The fraction of sp³-hybridized carbons (Fsp3) is 0.500. The molecule has 0 aliphatic heterocycles. The van der Waals surface area contributed by atoms with Crippen LogP contribution >= 0.6 is 0 Å². The number of aromatic nitrogens is 1. The highest BCUT2D eigenvalue weighted by Gasteiger charge is 2.18. The normalized spacial score (nSPS) is 12.5. The first-order valence-corrected chi connectivity index (χ1v) is 5.55. The highest BCUT2D eigenvalue weighted by atomic mass is 16.5. The molecule has 5 nitrogen and oxygen atoms in total. The third kappa shape index (κ3) is 3.71. The SMILES string of the molecule is COCC(NC(=O)c1cnccc1N)C(C)C. The number of pyridine rings is 1. The molecule has 0 fully saturated rings. The minimum Gasteiger partial charge on any atom is -0.398 e. The molecular weight excluding hydrogens is 218 g/mol. The lowest BCUT2D eigenvalue weighted by molar-refractivity contribution is 0.0867. The van der Waals surface area contributed by atoms with Crippen molar-refractivity contribution >= 4 is 11.6 Å². The smallest absolute Gasteiger partial charge is 0.255 e. The van der Waals surface area contributed by atoms with Crippen LogP contribution in [-0.4, -0.2) is 30.6 Å². The van der Waals surface area contributed by atoms with E-state index in [0.29, 0.717) is 17.9 Å². The average molecular weight is 237 g/mol. The van der Waals surface area contributed by atoms with E-state index in [1.165, 1.54) is 6.20 Å². The summed E-state index contributed by atoms with van der Waals surface area (Å²) >= 11 is 0. The number of methoxy groups -OCH3 is 1. The number of carbonyl (C=O) groups excluding carboxylic acids is 1. The van der Waals surface area contributed by atoms with Crippen LogP contribution in [-0.2, 0) is 4.74 Å². The maximum Gasteiger partial charge on any atom is 0.255 e. The van der Waals surface area contributed by atoms with E-state index in [1.54, 1.807) is 19.4 Å². The van der Waals surface area contributed by atoms with Crippen LogP contribution in [0.15, 0.2) is 18.5 Å². The molecule has 1 unspecified atom stereocenters. The van der Waals surface area contributed by atoms with E-state index in [4.69, 9.17) is 10.5 Å². The highest BCUT2D eigenvalue weighted by Crippen LogP contribution is 2.10. The van der Waals surface area contributed by atoms with E-state index in [9.17, 15) is 4.79 Å². The summed E-state index contributed by atoms with van der Waals surface area (Å²) in [5, 5.41) is 2.89. The van der Waals surface area contributed by atoms with Gasteiger partial charge in [-0.1, -0.05) is 13.8 Å². The van der Waals surface area contributed by atoms with Gasteiger partial charge in [-0.15, -0.1) is 0 Å². The molecule has 0 aliphatic carbocycles. The fourth-order valence-corrected chi connectivity index (χ4v) is 1.42. The van der Waals surface area contributed by atoms with E-state index < -0.39 is 0 Å². The second-order valence-corrected chi connectivity index (χ2v) is 4.24. The zero-order valence-electron chi connectivity index (χ0n) is 10.4. The Morgan fingerprint density at radius 3 is 2.82 bits per heavy atom. The molecule has 1 rings (SSSR count). The molecule has 5 heteroatoms. The number of ether oxygens (including phenoxy) is 1. The zero-order valence-corrected chi connectivity index (χ0v) is 10.4. The molecule has 0 bridgehead atoms. The molecule has 94 valence electrons. The van der Waals surface area contributed by atoms with Gasteiger partial charge in [0.1, 0.15) is 0 Å². The second-order valence-electron chi connectivity index (χ2n) is 4.24. The van der Waals surface area contributed by atoms with Crippen LogP contribution in [0.1, 0.15) is 24.2 Å². The number of hydrogen-bond acceptors (Lipinski definition) is 4. The molecule has 1 heterocycles. The third-order valence-corrected chi connectivity index (χ3v) is 2.57. The molecule has 1 aromatic rings. The van der Waals surface area contributed by atoms with Crippen LogP contribution in [0.25, 0.3) is 0 Å². The van der Waals surface area contributed by atoms with Crippen molar-refractivity contribution in [3.05, 3.63) is 24.0 Å². The van der Waals surface area contributed by atoms with Crippen LogP contribution in [0.4, 0.5) is 5.69 Å². The molecule has 0 radical (unpaired) electrons. The third-order valence-electron chi connectivity index (χ3n) is 2.57. The summed E-state index contributed by atoms with van der Waals surface area (Å²) in [4.78, 5) is 15.9. The minimum atomic E-state index is -0.216. The monoisotopic (exact) mass is 237 g/mol. The van der Waals surface area contributed by atoms with E-state index >= 15 is 0 Å². The van der Waals surface area contributed by atoms with Crippen LogP contribution in [0.5, 0.6) is 0 Å². The highest BCUT2D eigenvalue weighted by molar-refractivity contribution is 5.98. The Kier molecular flexibility index (Phi) is 4.90. The number of nitrogens with two attached hydrogens (primary N) is 1. The molecular formula is C12H19N3O2. The average Bonchev–Trinajstić information content (AvgIpc) is 2.28. The molecule has 0 saturated heterocycles. The van der Waals surface area contributed by atoms with Crippen LogP contribution in [0.2, 0.25) is 0 Å². The second kappa shape index (κ2) is 6.20. The van der Waals surface area contributed by atoms with Gasteiger partial charge in [-0.05, 0) is 12.0 Å². The summed E-state index contributed by atoms with van der Waals surface area (Å²) in [5.74, 6) is 0.0724. The van der Waals surface area contributed by atoms with Gasteiger partial charge >= 0.3 is 0 Å². The summed E-state index contributed by atoms with van der Waals surface area (Å²) in [6, 6.07) is 1.57. The summed E-state index contributed by atoms with van der Waals surface area (Å²) in [7, 11) is 1.61. The Morgan fingerprint density at radius 1 is 1.59 bits per heavy atom. The largest absolute Gasteiger partial charge is 0.398 e. The van der Waals surface area contributed by atoms with Crippen LogP contribution in [0, 0.1) is 5.92 Å². The topological polar surface area (TPSA) is 77.2 Å². The van der Waals surface area contributed by atoms with Crippen molar-refractivity contribution in [3.8, 4) is 0 Å². The number of carbonyl (C=O) groups is 1. The van der Waals surface area contributed by atoms with Gasteiger partial charge in [0.05, 0.1) is 18.2 Å². The van der Waals surface area contributed by atoms with Crippen LogP contribution < -0.4 is 11.1 Å². The number of nitrogens with one attached hydrogen (secondary N) is 1. The van der Waals surface area contributed by atoms with Crippen molar-refractivity contribution in [3.63, 3.8) is 0 Å². The van der Waals surface area contributed by atoms with Gasteiger partial charge < -0.3 is 15.8 Å². The Labute approximate surface area is 101 Å². The number of amides is 1. The van der Waals surface area contributed by atoms with Crippen molar-refractivity contribution < 1.29 is 9.53 Å². The number of rotatable bonds is 5. The van der Waals surface area contributed by atoms with E-state index in [1.807, 2.05) is 13.8 Å². The van der Waals surface area contributed by atoms with Gasteiger partial charge in [0.25, 0.3) is 5.91 Å². The summed E-state index contributed by atoms with van der Waals surface area (Å²) in [6.07, 6.45) is 3.02. The van der Waals surface area contributed by atoms with Crippen molar-refractivity contribution in [2.75, 3.05) is 19.5 Å². The van der Waals surface area contributed by atoms with E-state index in [2.05, 4.69) is 10.3 Å². The standard InChI is InChI=1S/C12H19N3O2/c1-8(2)11(7-17-3)15-12(16)9-6-14-5-4-10(9)13/h4-6,8,11H,7H2,1-3H3,(H2,13,14)(H,15,16). The first-order chi connectivity index (χ1) is 8.06. The number of nitrogens with zero attached hydrogens (tertiary/aromatic N) is 1. The quantitative estimate of drug-likeness (QED) is 0.803. The molecule has 1 amide bonds. The fourth-order valence-electron chi connectivity index (χ4n) is 1.42. The van der Waals surface area contributed by atoms with Gasteiger partial charge in [0, 0.05) is 25.2 Å². The number of anilines is 1. The number of hydrogen-bond donors (Lipinski definition) is 2. The lowest BCUT2D eigenvalue weighted by atomic mass is 10.0. The van der Waals surface area contributed by atoms with Crippen LogP contribution in [0.3, 0.4) is 0 Å². The predicted octanol–water partition coefficient (Wildman–Crippen LogP) is 1.06. The summed E-state index contributed by atoms with van der Waals surface area (Å²) in [6.45, 7) is 4.52. The van der Waals surface area contributed by atoms with Crippen molar-refractivity contribution in [1.29, 1.82) is 0 Å². The molecule has 1 atom stereocenters. The molecule has 0 spiro atoms. The Hall–Kier alpha value is -1.62. The summed E-state index contributed by atoms with van der Waals surface area (Å²) < 4.78 is 5.07. The first-order valence-electron chi connectivity index (χ1n) is 5.55. The molecule has 0 aromatic carbocycles. The van der Waals surface area contributed by atoms with E-state index in [0.717, 1.165) is 0 Å². The molecule has 17 heavy (non-hydrogen) atoms. The molecule has 1 aromatic heterocycles. The zero-order chi connectivity index (χ0) is 12.8. The van der Waals surface area contributed by atoms with Gasteiger partial charge in [0.2, 0.25) is 0 Å². The van der Waals surface area contributed by atoms with Crippen molar-refractivity contribution in [2.24, 2.45) is 5.92 Å². The van der Waals surface area contributed by atoms with Crippen molar-refractivity contribution in [2.45, 2.75) is 19.9 Å². The molecule has 3 N–H and O–H groups in total. The van der Waals surface area contributed by atoms with Gasteiger partial charge in [-0.3, -0.25) is 9.78 Å². The lowest BCUT2D eigenvalue weighted by Crippen LogP contribution is -2.41. The Bertz CT molecular complexity index is 380. The maximum absolute atomic E-state index is 12.0. The van der Waals surface area contributed by atoms with Gasteiger partial charge in [0.15, 0.2) is 0 Å². The first kappa shape index (κ1) is 13.4. The maximum atomic E-state index is 12.0. The van der Waals surface area contributed by atoms with Crippen molar-refractivity contribution in [1.82, 2.24) is 10.3 Å². The lowest BCUT2D eigenvalue weighted by Gasteiger charge is -2.21. The number of nitrogen functional groups attached to an aromatic ring is 1. The van der Waals surface area contributed by atoms with E-state index in [-0.39, 0.29) is 17.9 Å². The predicted molar refractivity (Wildman–Crippen MR) is 66.6 cm³/mol.